The van der Waals surface area contributed by atoms with Crippen molar-refractivity contribution >= 4 is 40.6 Å². The average molecular weight is 472 g/mol. The number of nitrogens with one attached hydrogen (secondary N) is 1. The predicted molar refractivity (Wildman–Crippen MR) is 137 cm³/mol. The van der Waals surface area contributed by atoms with Crippen LogP contribution < -0.4 is 5.32 Å². The van der Waals surface area contributed by atoms with Crippen LogP contribution in [-0.2, 0) is 15.0 Å². The molecule has 1 spiro atoms. The van der Waals surface area contributed by atoms with Gasteiger partial charge in [-0.1, -0.05) is 30.3 Å². The van der Waals surface area contributed by atoms with Crippen molar-refractivity contribution in [1.29, 1.82) is 0 Å². The van der Waals surface area contributed by atoms with Crippen LogP contribution in [0.2, 0.25) is 0 Å². The number of carbonyl (C=O) groups is 2. The fourth-order valence-electron chi connectivity index (χ4n) is 5.54. The zero-order valence-corrected chi connectivity index (χ0v) is 19.3. The number of aromatic nitrogens is 4. The van der Waals surface area contributed by atoms with E-state index in [0.717, 1.165) is 33.4 Å². The average Bonchev–Trinajstić information content (AvgIpc) is 3.57. The quantitative estimate of drug-likeness (QED) is 0.379. The maximum Gasteiger partial charge on any atom is 0.235 e. The molecular weight excluding hydrogens is 450 g/mol. The van der Waals surface area contributed by atoms with Crippen molar-refractivity contribution in [2.24, 2.45) is 0 Å². The van der Waals surface area contributed by atoms with Gasteiger partial charge in [0.25, 0.3) is 0 Å². The summed E-state index contributed by atoms with van der Waals surface area (Å²) in [7, 11) is 0. The molecule has 7 heteroatoms. The smallest absolute Gasteiger partial charge is 0.235 e. The van der Waals surface area contributed by atoms with Crippen molar-refractivity contribution in [3.8, 4) is 0 Å². The SMILES string of the molecule is O=C1/C(=C\c2cnn3ccccc23)CC2(C/C1=C\c1cnn3ccccc13)C(=O)Nc1ccccc12. The van der Waals surface area contributed by atoms with Gasteiger partial charge in [-0.05, 0) is 60.9 Å². The molecule has 1 atom stereocenters. The second kappa shape index (κ2) is 7.61. The van der Waals surface area contributed by atoms with Crippen molar-refractivity contribution in [2.45, 2.75) is 18.3 Å². The van der Waals surface area contributed by atoms with Crippen LogP contribution in [0.3, 0.4) is 0 Å². The van der Waals surface area contributed by atoms with E-state index in [1.807, 2.05) is 85.2 Å². The van der Waals surface area contributed by atoms with Crippen LogP contribution in [0.15, 0.2) is 96.6 Å². The molecule has 1 fully saturated rings. The van der Waals surface area contributed by atoms with E-state index in [1.54, 1.807) is 21.4 Å². The fraction of sp³-hybridized carbons (Fsp3) is 0.103. The second-order valence-electron chi connectivity index (χ2n) is 9.36. The van der Waals surface area contributed by atoms with E-state index in [1.165, 1.54) is 0 Å². The molecule has 0 radical (unpaired) electrons. The Bertz CT molecular complexity index is 1670. The van der Waals surface area contributed by atoms with Crippen molar-refractivity contribution < 1.29 is 9.59 Å². The van der Waals surface area contributed by atoms with Gasteiger partial charge in [0.2, 0.25) is 5.91 Å². The number of fused-ring (bicyclic) bond motifs is 4. The minimum atomic E-state index is -0.853. The number of ketones is 1. The van der Waals surface area contributed by atoms with Crippen molar-refractivity contribution in [3.63, 3.8) is 0 Å². The molecule has 1 aliphatic heterocycles. The molecule has 2 aliphatic rings. The Hall–Kier alpha value is -4.78. The largest absolute Gasteiger partial charge is 0.325 e. The van der Waals surface area contributed by atoms with E-state index < -0.39 is 5.41 Å². The van der Waals surface area contributed by atoms with Gasteiger partial charge < -0.3 is 5.32 Å². The zero-order chi connectivity index (χ0) is 24.3. The molecule has 1 aliphatic carbocycles. The first kappa shape index (κ1) is 20.6. The number of nitrogens with zero attached hydrogens (tertiary/aromatic N) is 4. The number of carbonyl (C=O) groups excluding carboxylic acids is 2. The molecule has 1 N–H and O–H groups in total. The van der Waals surface area contributed by atoms with Gasteiger partial charge in [0.05, 0.1) is 28.8 Å². The number of pyridine rings is 2. The number of benzene rings is 1. The lowest BCUT2D eigenvalue weighted by Gasteiger charge is -2.34. The molecule has 1 unspecified atom stereocenters. The minimum Gasteiger partial charge on any atom is -0.325 e. The molecule has 7 rings (SSSR count). The highest BCUT2D eigenvalue weighted by Crippen LogP contribution is 2.50. The molecule has 4 aromatic heterocycles. The van der Waals surface area contributed by atoms with Gasteiger partial charge in [0.1, 0.15) is 0 Å². The van der Waals surface area contributed by atoms with E-state index in [4.69, 9.17) is 0 Å². The van der Waals surface area contributed by atoms with Crippen molar-refractivity contribution in [3.05, 3.63) is 113 Å². The second-order valence-corrected chi connectivity index (χ2v) is 9.36. The van der Waals surface area contributed by atoms with E-state index in [0.29, 0.717) is 24.0 Å². The first-order chi connectivity index (χ1) is 17.6. The topological polar surface area (TPSA) is 80.8 Å². The van der Waals surface area contributed by atoms with Crippen LogP contribution >= 0.6 is 0 Å². The predicted octanol–water partition coefficient (Wildman–Crippen LogP) is 4.70. The number of para-hydroxylation sites is 1. The number of amides is 1. The summed E-state index contributed by atoms with van der Waals surface area (Å²) >= 11 is 0. The zero-order valence-electron chi connectivity index (χ0n) is 19.3. The highest BCUT2D eigenvalue weighted by Gasteiger charge is 2.51. The molecule has 1 saturated carbocycles. The maximum absolute atomic E-state index is 13.9. The van der Waals surface area contributed by atoms with Gasteiger partial charge in [0.15, 0.2) is 5.78 Å². The number of hydrogen-bond acceptors (Lipinski definition) is 4. The van der Waals surface area contributed by atoms with Crippen LogP contribution in [0.25, 0.3) is 23.2 Å². The van der Waals surface area contributed by atoms with Crippen LogP contribution in [0.4, 0.5) is 5.69 Å². The Labute approximate surface area is 206 Å². The van der Waals surface area contributed by atoms with E-state index in [9.17, 15) is 9.59 Å². The molecule has 5 heterocycles. The molecule has 7 nitrogen and oxygen atoms in total. The first-order valence-corrected chi connectivity index (χ1v) is 11.8. The first-order valence-electron chi connectivity index (χ1n) is 11.8. The summed E-state index contributed by atoms with van der Waals surface area (Å²) in [6, 6.07) is 19.4. The van der Waals surface area contributed by atoms with Crippen LogP contribution in [0.1, 0.15) is 29.5 Å². The summed E-state index contributed by atoms with van der Waals surface area (Å²) in [4.78, 5) is 27.4. The third-order valence-corrected chi connectivity index (χ3v) is 7.27. The summed E-state index contributed by atoms with van der Waals surface area (Å²) in [5.74, 6) is -0.129. The van der Waals surface area contributed by atoms with E-state index >= 15 is 0 Å². The lowest BCUT2D eigenvalue weighted by molar-refractivity contribution is -0.122. The molecule has 174 valence electrons. The third kappa shape index (κ3) is 2.99. The van der Waals surface area contributed by atoms with Crippen molar-refractivity contribution in [1.82, 2.24) is 19.2 Å². The highest BCUT2D eigenvalue weighted by molar-refractivity contribution is 6.19. The van der Waals surface area contributed by atoms with Crippen LogP contribution in [-0.4, -0.2) is 30.9 Å². The number of Topliss-reactive ketones (excluding diaryl/α,β-unsaturated/α-hetero) is 1. The molecule has 1 amide bonds. The third-order valence-electron chi connectivity index (χ3n) is 7.27. The Morgan fingerprint density at radius 1 is 0.750 bits per heavy atom. The summed E-state index contributed by atoms with van der Waals surface area (Å²) in [5.41, 5.74) is 5.57. The Kier molecular flexibility index (Phi) is 4.35. The summed E-state index contributed by atoms with van der Waals surface area (Å²) in [5, 5.41) is 11.9. The van der Waals surface area contributed by atoms with Gasteiger partial charge in [-0.15, -0.1) is 0 Å². The molecule has 5 aromatic rings. The molecular formula is C29H21N5O2. The number of rotatable bonds is 2. The molecule has 0 bridgehead atoms. The van der Waals surface area contributed by atoms with Gasteiger partial charge in [0, 0.05) is 40.4 Å². The number of anilines is 1. The Balaban J connectivity index is 1.42. The van der Waals surface area contributed by atoms with Gasteiger partial charge in [-0.3, -0.25) is 9.59 Å². The molecule has 1 aromatic carbocycles. The monoisotopic (exact) mass is 471 g/mol. The molecule has 0 saturated heterocycles. The van der Waals surface area contributed by atoms with Gasteiger partial charge in [-0.2, -0.15) is 10.2 Å². The van der Waals surface area contributed by atoms with Crippen LogP contribution in [0.5, 0.6) is 0 Å². The van der Waals surface area contributed by atoms with Crippen LogP contribution in [0, 0.1) is 0 Å². The molecule has 36 heavy (non-hydrogen) atoms. The Morgan fingerprint density at radius 2 is 1.31 bits per heavy atom. The summed E-state index contributed by atoms with van der Waals surface area (Å²) < 4.78 is 3.56. The Morgan fingerprint density at radius 3 is 1.92 bits per heavy atom. The summed E-state index contributed by atoms with van der Waals surface area (Å²) in [6.07, 6.45) is 11.7. The van der Waals surface area contributed by atoms with Gasteiger partial charge in [-0.25, -0.2) is 9.03 Å². The normalized spacial score (nSPS) is 21.7. The summed E-state index contributed by atoms with van der Waals surface area (Å²) in [6.45, 7) is 0. The van der Waals surface area contributed by atoms with E-state index in [-0.39, 0.29) is 11.7 Å². The van der Waals surface area contributed by atoms with Crippen molar-refractivity contribution in [2.75, 3.05) is 5.32 Å². The van der Waals surface area contributed by atoms with Gasteiger partial charge >= 0.3 is 0 Å². The van der Waals surface area contributed by atoms with E-state index in [2.05, 4.69) is 15.5 Å². The minimum absolute atomic E-state index is 0.0524. The number of allylic oxidation sites excluding steroid dienone is 2. The lowest BCUT2D eigenvalue weighted by Crippen LogP contribution is -2.40. The highest BCUT2D eigenvalue weighted by atomic mass is 16.2. The standard InChI is InChI=1S/C29H21N5O2/c35-27-19(13-21-17-30-33-11-5-3-9-25(21)33)15-29(23-7-1-2-8-24(23)32-28(29)36)16-20(27)14-22-18-31-34-12-6-4-10-26(22)34/h1-14,17-18H,15-16H2,(H,32,36)/b19-13-,20-14+. The number of hydrogen-bond donors (Lipinski definition) is 1. The lowest BCUT2D eigenvalue weighted by atomic mass is 9.66. The fourth-order valence-corrected chi connectivity index (χ4v) is 5.54. The maximum atomic E-state index is 13.9.